The minimum atomic E-state index is 0.423. The van der Waals surface area contributed by atoms with Gasteiger partial charge >= 0.3 is 0 Å². The molecule has 0 unspecified atom stereocenters. The van der Waals surface area contributed by atoms with E-state index in [2.05, 4.69) is 62.1 Å². The van der Waals surface area contributed by atoms with Crippen LogP contribution in [0.15, 0.2) is 30.5 Å². The van der Waals surface area contributed by atoms with E-state index in [4.69, 9.17) is 0 Å². The predicted molar refractivity (Wildman–Crippen MR) is 80.9 cm³/mol. The van der Waals surface area contributed by atoms with Gasteiger partial charge in [-0.2, -0.15) is 0 Å². The van der Waals surface area contributed by atoms with E-state index in [1.807, 2.05) is 13.2 Å². The third-order valence-corrected chi connectivity index (χ3v) is 4.21. The number of nitrogens with one attached hydrogen (secondary N) is 1. The number of nitrogens with zero attached hydrogens (tertiary/aromatic N) is 2. The highest BCUT2D eigenvalue weighted by Crippen LogP contribution is 2.32. The summed E-state index contributed by atoms with van der Waals surface area (Å²) in [7, 11) is 1.90. The van der Waals surface area contributed by atoms with Gasteiger partial charge in [-0.3, -0.25) is 0 Å². The molecule has 1 aliphatic carbocycles. The van der Waals surface area contributed by atoms with Crippen molar-refractivity contribution in [3.05, 3.63) is 51.0 Å². The lowest BCUT2D eigenvalue weighted by molar-refractivity contribution is 0.682. The van der Waals surface area contributed by atoms with E-state index in [1.54, 1.807) is 0 Å². The van der Waals surface area contributed by atoms with Gasteiger partial charge in [0.15, 0.2) is 0 Å². The maximum Gasteiger partial charge on any atom is 0.142 e. The van der Waals surface area contributed by atoms with E-state index in [0.717, 1.165) is 28.1 Å². The zero-order chi connectivity index (χ0) is 12.5. The average Bonchev–Trinajstić information content (AvgIpc) is 2.83. The highest BCUT2D eigenvalue weighted by molar-refractivity contribution is 14.1. The SMILES string of the molecule is CNc1nc(C2Cc3ccccc3C2)ncc1I. The van der Waals surface area contributed by atoms with E-state index >= 15 is 0 Å². The fourth-order valence-electron chi connectivity index (χ4n) is 2.49. The van der Waals surface area contributed by atoms with Crippen molar-refractivity contribution in [1.29, 1.82) is 0 Å². The topological polar surface area (TPSA) is 37.8 Å². The van der Waals surface area contributed by atoms with E-state index in [1.165, 1.54) is 11.1 Å². The van der Waals surface area contributed by atoms with Crippen LogP contribution < -0.4 is 5.32 Å². The molecule has 0 amide bonds. The molecule has 0 spiro atoms. The summed E-state index contributed by atoms with van der Waals surface area (Å²) in [6.07, 6.45) is 4.01. The highest BCUT2D eigenvalue weighted by atomic mass is 127. The van der Waals surface area contributed by atoms with Crippen molar-refractivity contribution < 1.29 is 0 Å². The fraction of sp³-hybridized carbons (Fsp3) is 0.286. The van der Waals surface area contributed by atoms with Crippen molar-refractivity contribution in [1.82, 2.24) is 9.97 Å². The van der Waals surface area contributed by atoms with Crippen molar-refractivity contribution in [3.63, 3.8) is 0 Å². The number of benzene rings is 1. The molecule has 0 bridgehead atoms. The number of rotatable bonds is 2. The molecule has 92 valence electrons. The summed E-state index contributed by atoms with van der Waals surface area (Å²) in [6.45, 7) is 0. The van der Waals surface area contributed by atoms with Crippen LogP contribution >= 0.6 is 22.6 Å². The summed E-state index contributed by atoms with van der Waals surface area (Å²) in [5.74, 6) is 2.30. The van der Waals surface area contributed by atoms with E-state index < -0.39 is 0 Å². The van der Waals surface area contributed by atoms with E-state index in [-0.39, 0.29) is 0 Å². The summed E-state index contributed by atoms with van der Waals surface area (Å²) >= 11 is 2.25. The van der Waals surface area contributed by atoms with Crippen LogP contribution in [0.4, 0.5) is 5.82 Å². The largest absolute Gasteiger partial charge is 0.372 e. The molecule has 0 saturated carbocycles. The van der Waals surface area contributed by atoms with Crippen LogP contribution in [-0.4, -0.2) is 17.0 Å². The Morgan fingerprint density at radius 2 is 1.89 bits per heavy atom. The first kappa shape index (κ1) is 11.9. The normalized spacial score (nSPS) is 14.6. The second-order valence-corrected chi connectivity index (χ2v) is 5.71. The van der Waals surface area contributed by atoms with Gasteiger partial charge in [0, 0.05) is 19.2 Å². The van der Waals surface area contributed by atoms with Gasteiger partial charge in [0.05, 0.1) is 3.57 Å². The summed E-state index contributed by atoms with van der Waals surface area (Å²) in [5, 5.41) is 3.12. The van der Waals surface area contributed by atoms with Crippen LogP contribution in [0.1, 0.15) is 22.9 Å². The molecule has 2 aromatic rings. The van der Waals surface area contributed by atoms with E-state index in [0.29, 0.717) is 5.92 Å². The zero-order valence-electron chi connectivity index (χ0n) is 10.2. The minimum absolute atomic E-state index is 0.423. The van der Waals surface area contributed by atoms with Gasteiger partial charge in [-0.15, -0.1) is 0 Å². The van der Waals surface area contributed by atoms with Crippen LogP contribution in [-0.2, 0) is 12.8 Å². The van der Waals surface area contributed by atoms with Gasteiger partial charge in [0.2, 0.25) is 0 Å². The van der Waals surface area contributed by atoms with Gasteiger partial charge in [0.25, 0.3) is 0 Å². The predicted octanol–water partition coefficient (Wildman–Crippen LogP) is 3.01. The Bertz CT molecular complexity index is 558. The van der Waals surface area contributed by atoms with Crippen molar-refractivity contribution in [2.45, 2.75) is 18.8 Å². The molecule has 18 heavy (non-hydrogen) atoms. The second kappa shape index (κ2) is 4.84. The summed E-state index contributed by atoms with van der Waals surface area (Å²) < 4.78 is 1.06. The van der Waals surface area contributed by atoms with E-state index in [9.17, 15) is 0 Å². The smallest absolute Gasteiger partial charge is 0.142 e. The Balaban J connectivity index is 1.90. The van der Waals surface area contributed by atoms with Crippen LogP contribution in [0.25, 0.3) is 0 Å². The van der Waals surface area contributed by atoms with Crippen molar-refractivity contribution >= 4 is 28.4 Å². The van der Waals surface area contributed by atoms with Gasteiger partial charge < -0.3 is 5.32 Å². The van der Waals surface area contributed by atoms with Crippen LogP contribution in [0, 0.1) is 3.57 Å². The van der Waals surface area contributed by atoms with Crippen LogP contribution in [0.5, 0.6) is 0 Å². The molecule has 1 aromatic heterocycles. The third kappa shape index (κ3) is 2.09. The van der Waals surface area contributed by atoms with Crippen molar-refractivity contribution in [2.75, 3.05) is 12.4 Å². The van der Waals surface area contributed by atoms with Gasteiger partial charge in [-0.25, -0.2) is 9.97 Å². The highest BCUT2D eigenvalue weighted by Gasteiger charge is 2.25. The number of halogens is 1. The Morgan fingerprint density at radius 1 is 1.22 bits per heavy atom. The second-order valence-electron chi connectivity index (χ2n) is 4.55. The lowest BCUT2D eigenvalue weighted by Crippen LogP contribution is -2.07. The standard InChI is InChI=1S/C14H14IN3/c1-16-14-12(15)8-17-13(18-14)11-6-9-4-2-3-5-10(9)7-11/h2-5,8,11H,6-7H2,1H3,(H,16,17,18). The number of hydrogen-bond acceptors (Lipinski definition) is 3. The maximum atomic E-state index is 4.63. The van der Waals surface area contributed by atoms with Gasteiger partial charge in [0.1, 0.15) is 11.6 Å². The molecule has 1 aliphatic rings. The van der Waals surface area contributed by atoms with Gasteiger partial charge in [-0.05, 0) is 46.6 Å². The van der Waals surface area contributed by atoms with Crippen LogP contribution in [0.2, 0.25) is 0 Å². The summed E-state index contributed by atoms with van der Waals surface area (Å²) in [5.41, 5.74) is 2.88. The monoisotopic (exact) mass is 351 g/mol. The molecule has 4 heteroatoms. The quantitative estimate of drug-likeness (QED) is 0.846. The molecule has 0 atom stereocenters. The molecule has 0 aliphatic heterocycles. The first-order valence-electron chi connectivity index (χ1n) is 6.05. The number of aromatic nitrogens is 2. The lowest BCUT2D eigenvalue weighted by atomic mass is 10.1. The lowest BCUT2D eigenvalue weighted by Gasteiger charge is -2.10. The molecule has 0 radical (unpaired) electrons. The number of hydrogen-bond donors (Lipinski definition) is 1. The van der Waals surface area contributed by atoms with Crippen molar-refractivity contribution in [2.24, 2.45) is 0 Å². The van der Waals surface area contributed by atoms with Crippen molar-refractivity contribution in [3.8, 4) is 0 Å². The molecule has 3 nitrogen and oxygen atoms in total. The fourth-order valence-corrected chi connectivity index (χ4v) is 3.02. The number of fused-ring (bicyclic) bond motifs is 1. The Morgan fingerprint density at radius 3 is 2.50 bits per heavy atom. The molecule has 1 N–H and O–H groups in total. The summed E-state index contributed by atoms with van der Waals surface area (Å²) in [6, 6.07) is 8.63. The van der Waals surface area contributed by atoms with Crippen LogP contribution in [0.3, 0.4) is 0 Å². The Hall–Kier alpha value is -1.17. The average molecular weight is 351 g/mol. The third-order valence-electron chi connectivity index (χ3n) is 3.42. The number of anilines is 1. The molecule has 3 rings (SSSR count). The zero-order valence-corrected chi connectivity index (χ0v) is 12.3. The first-order valence-corrected chi connectivity index (χ1v) is 7.13. The molecule has 1 heterocycles. The molecular weight excluding hydrogens is 337 g/mol. The molecule has 0 fully saturated rings. The minimum Gasteiger partial charge on any atom is -0.372 e. The maximum absolute atomic E-state index is 4.63. The molecule has 1 aromatic carbocycles. The Labute approximate surface area is 120 Å². The van der Waals surface area contributed by atoms with Gasteiger partial charge in [-0.1, -0.05) is 24.3 Å². The Kier molecular flexibility index (Phi) is 3.20. The molecule has 0 saturated heterocycles. The first-order chi connectivity index (χ1) is 8.78. The molecular formula is C14H14IN3. The summed E-state index contributed by atoms with van der Waals surface area (Å²) in [4.78, 5) is 9.12.